The predicted octanol–water partition coefficient (Wildman–Crippen LogP) is 3.08. The highest BCUT2D eigenvalue weighted by atomic mass is 15.0. The van der Waals surface area contributed by atoms with Gasteiger partial charge < -0.3 is 4.57 Å². The van der Waals surface area contributed by atoms with Gasteiger partial charge in [0.2, 0.25) is 0 Å². The summed E-state index contributed by atoms with van der Waals surface area (Å²) >= 11 is 0. The molecule has 0 spiro atoms. The molecule has 2 rings (SSSR count). The third-order valence-corrected chi connectivity index (χ3v) is 2.51. The van der Waals surface area contributed by atoms with E-state index in [0.717, 1.165) is 11.4 Å². The molecule has 2 nitrogen and oxygen atoms in total. The van der Waals surface area contributed by atoms with Crippen LogP contribution in [0.3, 0.4) is 0 Å². The van der Waals surface area contributed by atoms with Crippen molar-refractivity contribution in [3.63, 3.8) is 0 Å². The van der Waals surface area contributed by atoms with Gasteiger partial charge in [-0.3, -0.25) is 4.99 Å². The monoisotopic (exact) mass is 198 g/mol. The standard InChI is InChI=1S/C13H14N2/c1-11-8-9-13(15(11)2)10-14-12-6-4-3-5-7-12/h3-10H,1-2H3. The van der Waals surface area contributed by atoms with Crippen LogP contribution in [0.5, 0.6) is 0 Å². The minimum absolute atomic E-state index is 0.983. The number of hydrogen-bond donors (Lipinski definition) is 0. The van der Waals surface area contributed by atoms with Gasteiger partial charge in [0, 0.05) is 12.7 Å². The van der Waals surface area contributed by atoms with E-state index in [1.165, 1.54) is 5.69 Å². The summed E-state index contributed by atoms with van der Waals surface area (Å²) in [6.07, 6.45) is 1.89. The third kappa shape index (κ3) is 2.15. The van der Waals surface area contributed by atoms with E-state index in [4.69, 9.17) is 0 Å². The lowest BCUT2D eigenvalue weighted by atomic mass is 10.3. The van der Waals surface area contributed by atoms with E-state index in [1.54, 1.807) is 0 Å². The van der Waals surface area contributed by atoms with E-state index >= 15 is 0 Å². The Morgan fingerprint density at radius 2 is 1.80 bits per heavy atom. The molecule has 0 saturated carbocycles. The quantitative estimate of drug-likeness (QED) is 0.660. The van der Waals surface area contributed by atoms with Crippen molar-refractivity contribution < 1.29 is 0 Å². The molecule has 0 atom stereocenters. The average molecular weight is 198 g/mol. The molecule has 0 radical (unpaired) electrons. The molecule has 1 aromatic heterocycles. The Morgan fingerprint density at radius 3 is 2.40 bits per heavy atom. The summed E-state index contributed by atoms with van der Waals surface area (Å²) in [6.45, 7) is 2.08. The zero-order chi connectivity index (χ0) is 10.7. The van der Waals surface area contributed by atoms with Crippen molar-refractivity contribution in [1.82, 2.24) is 4.57 Å². The number of benzene rings is 1. The minimum atomic E-state index is 0.983. The Kier molecular flexibility index (Phi) is 2.68. The molecule has 76 valence electrons. The fourth-order valence-electron chi connectivity index (χ4n) is 1.42. The summed E-state index contributed by atoms with van der Waals surface area (Å²) in [5.74, 6) is 0. The fourth-order valence-corrected chi connectivity index (χ4v) is 1.42. The molecule has 0 unspecified atom stereocenters. The van der Waals surface area contributed by atoms with Gasteiger partial charge in [-0.25, -0.2) is 0 Å². The van der Waals surface area contributed by atoms with Crippen LogP contribution in [0.25, 0.3) is 0 Å². The van der Waals surface area contributed by atoms with Gasteiger partial charge in [-0.15, -0.1) is 0 Å². The van der Waals surface area contributed by atoms with Gasteiger partial charge in [0.1, 0.15) is 0 Å². The average Bonchev–Trinajstić information content (AvgIpc) is 2.59. The number of para-hydroxylation sites is 1. The molecule has 0 aliphatic carbocycles. The highest BCUT2D eigenvalue weighted by Crippen LogP contribution is 2.10. The molecule has 1 aromatic carbocycles. The molecule has 2 heteroatoms. The van der Waals surface area contributed by atoms with Gasteiger partial charge in [-0.05, 0) is 31.2 Å². The zero-order valence-corrected chi connectivity index (χ0v) is 9.01. The Bertz CT molecular complexity index is 467. The van der Waals surface area contributed by atoms with Crippen LogP contribution in [0, 0.1) is 6.92 Å². The number of nitrogens with zero attached hydrogens (tertiary/aromatic N) is 2. The van der Waals surface area contributed by atoms with Gasteiger partial charge in [0.15, 0.2) is 0 Å². The first kappa shape index (κ1) is 9.71. The van der Waals surface area contributed by atoms with Gasteiger partial charge in [0.25, 0.3) is 0 Å². The van der Waals surface area contributed by atoms with Gasteiger partial charge >= 0.3 is 0 Å². The van der Waals surface area contributed by atoms with Crippen LogP contribution < -0.4 is 0 Å². The topological polar surface area (TPSA) is 17.3 Å². The van der Waals surface area contributed by atoms with Crippen molar-refractivity contribution in [3.05, 3.63) is 53.9 Å². The summed E-state index contributed by atoms with van der Waals surface area (Å²) in [4.78, 5) is 4.40. The molecule has 0 amide bonds. The maximum absolute atomic E-state index is 4.40. The van der Waals surface area contributed by atoms with Crippen LogP contribution in [0.4, 0.5) is 5.69 Å². The van der Waals surface area contributed by atoms with Crippen molar-refractivity contribution in [3.8, 4) is 0 Å². The van der Waals surface area contributed by atoms with Crippen molar-refractivity contribution in [2.24, 2.45) is 12.0 Å². The first-order valence-corrected chi connectivity index (χ1v) is 4.99. The number of aryl methyl sites for hydroxylation is 1. The summed E-state index contributed by atoms with van der Waals surface area (Å²) in [6, 6.07) is 14.1. The highest BCUT2D eigenvalue weighted by molar-refractivity contribution is 5.80. The second kappa shape index (κ2) is 4.13. The van der Waals surface area contributed by atoms with Crippen LogP contribution in [0.15, 0.2) is 47.5 Å². The third-order valence-electron chi connectivity index (χ3n) is 2.51. The second-order valence-corrected chi connectivity index (χ2v) is 3.55. The van der Waals surface area contributed by atoms with Crippen LogP contribution in [0.1, 0.15) is 11.4 Å². The van der Waals surface area contributed by atoms with Gasteiger partial charge in [0.05, 0.1) is 17.6 Å². The molecule has 15 heavy (non-hydrogen) atoms. The largest absolute Gasteiger partial charge is 0.347 e. The van der Waals surface area contributed by atoms with E-state index in [0.29, 0.717) is 0 Å². The normalized spacial score (nSPS) is 11.1. The SMILES string of the molecule is Cc1ccc(C=Nc2ccccc2)n1C. The maximum Gasteiger partial charge on any atom is 0.0630 e. The molecule has 0 saturated heterocycles. The number of rotatable bonds is 2. The summed E-state index contributed by atoms with van der Waals surface area (Å²) in [5, 5.41) is 0. The first-order valence-electron chi connectivity index (χ1n) is 4.99. The van der Waals surface area contributed by atoms with Crippen LogP contribution >= 0.6 is 0 Å². The molecule has 0 aliphatic rings. The molecular weight excluding hydrogens is 184 g/mol. The molecule has 0 aliphatic heterocycles. The lowest BCUT2D eigenvalue weighted by Crippen LogP contribution is -1.96. The minimum Gasteiger partial charge on any atom is -0.347 e. The second-order valence-electron chi connectivity index (χ2n) is 3.55. The smallest absolute Gasteiger partial charge is 0.0630 e. The zero-order valence-electron chi connectivity index (χ0n) is 9.01. The van der Waals surface area contributed by atoms with E-state index < -0.39 is 0 Å². The fraction of sp³-hybridized carbons (Fsp3) is 0.154. The van der Waals surface area contributed by atoms with E-state index in [9.17, 15) is 0 Å². The van der Waals surface area contributed by atoms with Crippen molar-refractivity contribution in [1.29, 1.82) is 0 Å². The molecule has 2 aromatic rings. The van der Waals surface area contributed by atoms with E-state index in [-0.39, 0.29) is 0 Å². The lowest BCUT2D eigenvalue weighted by molar-refractivity contribution is 0.874. The molecule has 0 fully saturated rings. The Labute approximate surface area is 89.9 Å². The summed E-state index contributed by atoms with van der Waals surface area (Å²) in [7, 11) is 2.04. The number of aliphatic imine (C=N–C) groups is 1. The van der Waals surface area contributed by atoms with E-state index in [2.05, 4.69) is 28.6 Å². The van der Waals surface area contributed by atoms with Gasteiger partial charge in [-0.2, -0.15) is 0 Å². The van der Waals surface area contributed by atoms with Crippen LogP contribution in [-0.2, 0) is 7.05 Å². The van der Waals surface area contributed by atoms with Crippen LogP contribution in [-0.4, -0.2) is 10.8 Å². The van der Waals surface area contributed by atoms with Crippen LogP contribution in [0.2, 0.25) is 0 Å². The predicted molar refractivity (Wildman–Crippen MR) is 63.8 cm³/mol. The molecule has 1 heterocycles. The van der Waals surface area contributed by atoms with Crippen molar-refractivity contribution >= 4 is 11.9 Å². The van der Waals surface area contributed by atoms with Crippen molar-refractivity contribution in [2.75, 3.05) is 0 Å². The highest BCUT2D eigenvalue weighted by Gasteiger charge is 1.96. The Hall–Kier alpha value is -1.83. The maximum atomic E-state index is 4.40. The van der Waals surface area contributed by atoms with Gasteiger partial charge in [-0.1, -0.05) is 18.2 Å². The van der Waals surface area contributed by atoms with E-state index in [1.807, 2.05) is 43.6 Å². The Balaban J connectivity index is 2.23. The van der Waals surface area contributed by atoms with Crippen molar-refractivity contribution in [2.45, 2.75) is 6.92 Å². The summed E-state index contributed by atoms with van der Waals surface area (Å²) < 4.78 is 2.12. The molecule has 0 N–H and O–H groups in total. The summed E-state index contributed by atoms with van der Waals surface area (Å²) in [5.41, 5.74) is 3.34. The molecular formula is C13H14N2. The molecule has 0 bridgehead atoms. The lowest BCUT2D eigenvalue weighted by Gasteiger charge is -1.98. The number of hydrogen-bond acceptors (Lipinski definition) is 1. The first-order chi connectivity index (χ1) is 7.27. The number of aromatic nitrogens is 1. The Morgan fingerprint density at radius 1 is 1.07 bits per heavy atom.